The molecule has 0 aliphatic heterocycles. The number of thiocarbonyl (C=S) groups is 2. The molecule has 7 aromatic rings. The first-order valence-corrected chi connectivity index (χ1v) is 21.0. The summed E-state index contributed by atoms with van der Waals surface area (Å²) < 4.78 is 19.5. The van der Waals surface area contributed by atoms with E-state index in [-0.39, 0.29) is 11.8 Å². The molecule has 0 fully saturated rings. The van der Waals surface area contributed by atoms with Gasteiger partial charge in [0.15, 0.2) is 15.7 Å². The lowest BCUT2D eigenvalue weighted by Crippen LogP contribution is -2.45. The number of amides is 2. The summed E-state index contributed by atoms with van der Waals surface area (Å²) in [5.41, 5.74) is 12.5. The molecular weight excluding hydrogens is 879 g/mol. The second-order valence-electron chi connectivity index (χ2n) is 13.3. The summed E-state index contributed by atoms with van der Waals surface area (Å²) in [6.07, 6.45) is 0. The molecule has 17 heteroatoms. The summed E-state index contributed by atoms with van der Waals surface area (Å²) in [6, 6.07) is 51.4. The quantitative estimate of drug-likeness (QED) is 0.0227. The van der Waals surface area contributed by atoms with E-state index in [9.17, 15) is 9.59 Å². The Balaban J connectivity index is 0.000000206. The number of aliphatic imine (C=N–C) groups is 1. The molecule has 0 aliphatic carbocycles. The third-order valence-electron chi connectivity index (χ3n) is 8.71. The lowest BCUT2D eigenvalue weighted by atomic mass is 10.2. The number of nitrogens with zero attached hydrogens (tertiary/aromatic N) is 3. The largest absolute Gasteiger partial charge is 0.489 e. The zero-order valence-electron chi connectivity index (χ0n) is 35.9. The number of hydrogen-bond donors (Lipinski definition) is 6. The number of isothiocyanates is 1. The SMILES string of the molecule is CN=C=S.CNC(=S)NNC(=O)c1ccc(OCc2ccccc2)cc1.Cn1c(-c2ccc(OCc3ccccc3)cc2)n[nH]c1=S.NNC(=O)c1ccc(OCc2ccccc2)cc1. The van der Waals surface area contributed by atoms with Gasteiger partial charge >= 0.3 is 0 Å². The number of nitrogen functional groups attached to an aromatic ring is 1. The van der Waals surface area contributed by atoms with Crippen LogP contribution in [0, 0.1) is 4.77 Å². The van der Waals surface area contributed by atoms with Crippen molar-refractivity contribution in [2.45, 2.75) is 19.8 Å². The zero-order chi connectivity index (χ0) is 46.7. The molecule has 0 atom stereocenters. The van der Waals surface area contributed by atoms with Gasteiger partial charge in [-0.15, -0.1) is 0 Å². The highest BCUT2D eigenvalue weighted by Crippen LogP contribution is 2.21. The van der Waals surface area contributed by atoms with Crippen molar-refractivity contribution < 1.29 is 23.8 Å². The third-order valence-corrected chi connectivity index (χ3v) is 9.56. The molecule has 0 saturated heterocycles. The highest BCUT2D eigenvalue weighted by atomic mass is 32.1. The van der Waals surface area contributed by atoms with E-state index in [1.807, 2.05) is 127 Å². The number of hydrogen-bond acceptors (Lipinski definition) is 11. The van der Waals surface area contributed by atoms with E-state index < -0.39 is 0 Å². The minimum atomic E-state index is -0.315. The maximum absolute atomic E-state index is 11.9. The highest BCUT2D eigenvalue weighted by Gasteiger charge is 2.08. The van der Waals surface area contributed by atoms with Gasteiger partial charge in [0.1, 0.15) is 37.1 Å². The molecule has 0 spiro atoms. The van der Waals surface area contributed by atoms with Crippen molar-refractivity contribution in [3.63, 3.8) is 0 Å². The molecule has 6 aromatic carbocycles. The Bertz CT molecular complexity index is 2610. The molecule has 0 aliphatic rings. The van der Waals surface area contributed by atoms with Crippen LogP contribution in [0.2, 0.25) is 0 Å². The van der Waals surface area contributed by atoms with E-state index in [1.165, 1.54) is 0 Å². The predicted molar refractivity (Wildman–Crippen MR) is 264 cm³/mol. The van der Waals surface area contributed by atoms with Gasteiger partial charge < -0.3 is 24.1 Å². The second kappa shape index (κ2) is 28.2. The number of H-pyrrole nitrogens is 1. The van der Waals surface area contributed by atoms with Gasteiger partial charge in [0.25, 0.3) is 11.8 Å². The smallest absolute Gasteiger partial charge is 0.269 e. The first-order valence-electron chi connectivity index (χ1n) is 19.8. The molecule has 0 saturated carbocycles. The van der Waals surface area contributed by atoms with E-state index in [4.69, 9.17) is 44.5 Å². The summed E-state index contributed by atoms with van der Waals surface area (Å²) in [7, 11) is 5.15. The Kier molecular flexibility index (Phi) is 21.8. The molecule has 0 bridgehead atoms. The zero-order valence-corrected chi connectivity index (χ0v) is 38.3. The van der Waals surface area contributed by atoms with Crippen LogP contribution < -0.4 is 41.6 Å². The molecule has 14 nitrogen and oxygen atoms in total. The number of carbonyl (C=O) groups is 2. The van der Waals surface area contributed by atoms with Gasteiger partial charge in [0.2, 0.25) is 0 Å². The molecule has 2 amide bonds. The highest BCUT2D eigenvalue weighted by molar-refractivity contribution is 7.80. The molecule has 334 valence electrons. The maximum Gasteiger partial charge on any atom is 0.269 e. The summed E-state index contributed by atoms with van der Waals surface area (Å²) in [4.78, 5) is 26.4. The van der Waals surface area contributed by atoms with Gasteiger partial charge in [-0.3, -0.25) is 31.0 Å². The predicted octanol–water partition coefficient (Wildman–Crippen LogP) is 8.32. The fourth-order valence-corrected chi connectivity index (χ4v) is 5.45. The molecule has 65 heavy (non-hydrogen) atoms. The second-order valence-corrected chi connectivity index (χ2v) is 14.2. The van der Waals surface area contributed by atoms with Crippen LogP contribution in [0.5, 0.6) is 17.2 Å². The van der Waals surface area contributed by atoms with Crippen molar-refractivity contribution in [1.82, 2.24) is 36.4 Å². The van der Waals surface area contributed by atoms with Crippen LogP contribution in [0.1, 0.15) is 37.4 Å². The van der Waals surface area contributed by atoms with E-state index in [0.717, 1.165) is 33.8 Å². The maximum atomic E-state index is 11.9. The number of aromatic nitrogens is 3. The molecule has 7 N–H and O–H groups in total. The first-order chi connectivity index (χ1) is 31.6. The van der Waals surface area contributed by atoms with Crippen molar-refractivity contribution in [1.29, 1.82) is 0 Å². The van der Waals surface area contributed by atoms with Crippen molar-refractivity contribution in [3.05, 3.63) is 196 Å². The van der Waals surface area contributed by atoms with Crippen LogP contribution in [0.15, 0.2) is 169 Å². The number of carbonyl (C=O) groups excluding carboxylic acids is 2. The fraction of sp³-hybridized carbons (Fsp3) is 0.125. The summed E-state index contributed by atoms with van der Waals surface area (Å²) in [6.45, 7) is 1.56. The Morgan fingerprint density at radius 3 is 1.38 bits per heavy atom. The molecule has 0 radical (unpaired) electrons. The summed E-state index contributed by atoms with van der Waals surface area (Å²) in [5.74, 6) is 7.53. The van der Waals surface area contributed by atoms with Crippen LogP contribution in [0.25, 0.3) is 11.4 Å². The van der Waals surface area contributed by atoms with Gasteiger partial charge in [-0.25, -0.2) is 10.8 Å². The van der Waals surface area contributed by atoms with Crippen LogP contribution in [-0.2, 0) is 26.9 Å². The number of nitrogens with two attached hydrogens (primary N) is 1. The number of aromatic amines is 1. The minimum absolute atomic E-state index is 0.271. The topological polar surface area (TPSA) is 182 Å². The van der Waals surface area contributed by atoms with Crippen LogP contribution in [-0.4, -0.2) is 50.9 Å². The Labute approximate surface area is 393 Å². The Morgan fingerprint density at radius 1 is 0.662 bits per heavy atom. The monoisotopic (exact) mass is 927 g/mol. The Hall–Kier alpha value is -7.53. The first kappa shape index (κ1) is 50.1. The third kappa shape index (κ3) is 18.0. The molecule has 1 aromatic heterocycles. The van der Waals surface area contributed by atoms with Crippen molar-refractivity contribution in [2.24, 2.45) is 17.9 Å². The van der Waals surface area contributed by atoms with Gasteiger partial charge in [-0.05, 0) is 126 Å². The van der Waals surface area contributed by atoms with Gasteiger partial charge in [0.05, 0.1) is 5.16 Å². The van der Waals surface area contributed by atoms with E-state index in [2.05, 4.69) is 54.2 Å². The average molecular weight is 928 g/mol. The van der Waals surface area contributed by atoms with E-state index in [1.54, 1.807) is 62.6 Å². The number of rotatable bonds is 12. The summed E-state index contributed by atoms with van der Waals surface area (Å²) >= 11 is 14.1. The normalized spacial score (nSPS) is 9.66. The van der Waals surface area contributed by atoms with E-state index >= 15 is 0 Å². The van der Waals surface area contributed by atoms with Crippen LogP contribution in [0.3, 0.4) is 0 Å². The number of hydrazine groups is 2. The van der Waals surface area contributed by atoms with Crippen molar-refractivity contribution in [2.75, 3.05) is 14.1 Å². The number of nitrogens with one attached hydrogen (secondary N) is 5. The summed E-state index contributed by atoms with van der Waals surface area (Å²) in [5, 5.41) is 12.2. The lowest BCUT2D eigenvalue weighted by Gasteiger charge is -2.10. The number of benzene rings is 6. The van der Waals surface area contributed by atoms with Crippen molar-refractivity contribution >= 4 is 58.7 Å². The minimum Gasteiger partial charge on any atom is -0.489 e. The molecular formula is C48H49N9O5S3. The van der Waals surface area contributed by atoms with Gasteiger partial charge in [-0.2, -0.15) is 5.10 Å². The van der Waals surface area contributed by atoms with E-state index in [0.29, 0.717) is 52.3 Å². The Morgan fingerprint density at radius 2 is 1.05 bits per heavy atom. The molecule has 1 heterocycles. The average Bonchev–Trinajstić information content (AvgIpc) is 3.71. The standard InChI is InChI=1S/C16H17N3O2S.C16H15N3OS.C14H14N2O2.C2H3NS/c1-17-16(22)19-18-15(20)13-7-9-14(10-8-13)21-11-12-5-3-2-4-6-12;1-19-15(17-18-16(19)21)13-7-9-14(10-8-13)20-11-12-5-3-2-4-6-12;15-16-14(17)12-6-8-13(9-7-12)18-10-11-4-2-1-3-5-11;1-3-2-4/h2-10H,11H2,1H3,(H,18,20)(H2,17,19,22);2-10H,11H2,1H3,(H,18,21);1-9H,10,15H2,(H,16,17);1H3. The van der Waals surface area contributed by atoms with Gasteiger partial charge in [0, 0.05) is 37.8 Å². The van der Waals surface area contributed by atoms with Crippen LogP contribution in [0.4, 0.5) is 0 Å². The molecule has 0 unspecified atom stereocenters. The van der Waals surface area contributed by atoms with Crippen LogP contribution >= 0.6 is 36.7 Å². The number of ether oxygens (including phenoxy) is 3. The lowest BCUT2D eigenvalue weighted by molar-refractivity contribution is 0.0939. The van der Waals surface area contributed by atoms with Gasteiger partial charge in [-0.1, -0.05) is 91.0 Å². The fourth-order valence-electron chi connectivity index (χ4n) is 5.26. The molecule has 7 rings (SSSR count). The van der Waals surface area contributed by atoms with Crippen molar-refractivity contribution in [3.8, 4) is 28.6 Å².